The van der Waals surface area contributed by atoms with Crippen molar-refractivity contribution < 1.29 is 0 Å². The molecule has 16 heavy (non-hydrogen) atoms. The molecule has 0 amide bonds. The Hall–Kier alpha value is -0.120. The minimum atomic E-state index is 0.746. The molecule has 0 bridgehead atoms. The Morgan fingerprint density at radius 3 is 2.31 bits per heavy atom. The van der Waals surface area contributed by atoms with Crippen LogP contribution in [0.15, 0.2) is 0 Å². The fourth-order valence-corrected chi connectivity index (χ4v) is 3.08. The molecule has 2 aliphatic rings. The SMILES string of the molecule is CCN1CCC(CN2CCC(NC)C2)CC1. The Bertz CT molecular complexity index is 199. The summed E-state index contributed by atoms with van der Waals surface area (Å²) in [5.74, 6) is 0.957. The highest BCUT2D eigenvalue weighted by Gasteiger charge is 2.25. The van der Waals surface area contributed by atoms with Gasteiger partial charge in [-0.1, -0.05) is 6.92 Å². The highest BCUT2D eigenvalue weighted by atomic mass is 15.2. The highest BCUT2D eigenvalue weighted by Crippen LogP contribution is 2.20. The topological polar surface area (TPSA) is 18.5 Å². The molecule has 2 saturated heterocycles. The highest BCUT2D eigenvalue weighted by molar-refractivity contribution is 4.82. The third kappa shape index (κ3) is 3.19. The van der Waals surface area contributed by atoms with E-state index in [4.69, 9.17) is 0 Å². The van der Waals surface area contributed by atoms with Crippen LogP contribution in [0.25, 0.3) is 0 Å². The molecule has 0 aromatic carbocycles. The summed E-state index contributed by atoms with van der Waals surface area (Å²) in [6.45, 7) is 10.1. The Labute approximate surface area is 100 Å². The van der Waals surface area contributed by atoms with Crippen LogP contribution in [0.4, 0.5) is 0 Å². The van der Waals surface area contributed by atoms with E-state index in [1.54, 1.807) is 0 Å². The van der Waals surface area contributed by atoms with Gasteiger partial charge < -0.3 is 15.1 Å². The molecule has 0 radical (unpaired) electrons. The minimum absolute atomic E-state index is 0.746. The quantitative estimate of drug-likeness (QED) is 0.770. The van der Waals surface area contributed by atoms with Gasteiger partial charge in [0.05, 0.1) is 0 Å². The molecule has 0 aromatic heterocycles. The van der Waals surface area contributed by atoms with Crippen LogP contribution in [0, 0.1) is 5.92 Å². The second-order valence-electron chi connectivity index (χ2n) is 5.41. The first kappa shape index (κ1) is 12.3. The summed E-state index contributed by atoms with van der Waals surface area (Å²) in [6.07, 6.45) is 4.16. The number of nitrogens with zero attached hydrogens (tertiary/aromatic N) is 2. The van der Waals surface area contributed by atoms with Crippen LogP contribution in [-0.4, -0.2) is 62.2 Å². The summed E-state index contributed by atoms with van der Waals surface area (Å²) in [5, 5.41) is 3.40. The van der Waals surface area contributed by atoms with Crippen molar-refractivity contribution in [3.8, 4) is 0 Å². The molecule has 1 atom stereocenters. The van der Waals surface area contributed by atoms with E-state index < -0.39 is 0 Å². The molecular weight excluding hydrogens is 198 g/mol. The van der Waals surface area contributed by atoms with Gasteiger partial charge in [-0.05, 0) is 58.4 Å². The van der Waals surface area contributed by atoms with Crippen molar-refractivity contribution in [1.29, 1.82) is 0 Å². The van der Waals surface area contributed by atoms with Gasteiger partial charge in [0.2, 0.25) is 0 Å². The van der Waals surface area contributed by atoms with E-state index in [2.05, 4.69) is 29.1 Å². The maximum absolute atomic E-state index is 3.40. The van der Waals surface area contributed by atoms with Crippen molar-refractivity contribution in [3.05, 3.63) is 0 Å². The van der Waals surface area contributed by atoms with Gasteiger partial charge in [0.15, 0.2) is 0 Å². The third-order valence-corrected chi connectivity index (χ3v) is 4.35. The Morgan fingerprint density at radius 2 is 1.75 bits per heavy atom. The van der Waals surface area contributed by atoms with Crippen molar-refractivity contribution in [2.24, 2.45) is 5.92 Å². The second-order valence-corrected chi connectivity index (χ2v) is 5.41. The number of piperidine rings is 1. The van der Waals surface area contributed by atoms with E-state index in [-0.39, 0.29) is 0 Å². The van der Waals surface area contributed by atoms with Gasteiger partial charge in [-0.3, -0.25) is 0 Å². The van der Waals surface area contributed by atoms with Gasteiger partial charge in [0, 0.05) is 19.1 Å². The molecule has 0 spiro atoms. The predicted octanol–water partition coefficient (Wildman–Crippen LogP) is 1.01. The van der Waals surface area contributed by atoms with Crippen molar-refractivity contribution in [2.45, 2.75) is 32.2 Å². The van der Waals surface area contributed by atoms with Gasteiger partial charge in [-0.15, -0.1) is 0 Å². The fourth-order valence-electron chi connectivity index (χ4n) is 3.08. The molecule has 1 unspecified atom stereocenters. The van der Waals surface area contributed by atoms with Crippen LogP contribution in [-0.2, 0) is 0 Å². The number of likely N-dealkylation sites (N-methyl/N-ethyl adjacent to an activating group) is 1. The van der Waals surface area contributed by atoms with Crippen molar-refractivity contribution in [2.75, 3.05) is 46.3 Å². The molecule has 2 fully saturated rings. The van der Waals surface area contributed by atoms with E-state index in [0.29, 0.717) is 0 Å². The largest absolute Gasteiger partial charge is 0.316 e. The van der Waals surface area contributed by atoms with Crippen LogP contribution in [0.1, 0.15) is 26.2 Å². The van der Waals surface area contributed by atoms with Crippen LogP contribution in [0.3, 0.4) is 0 Å². The summed E-state index contributed by atoms with van der Waals surface area (Å²) in [5.41, 5.74) is 0. The molecule has 0 aromatic rings. The zero-order valence-electron chi connectivity index (χ0n) is 10.9. The lowest BCUT2D eigenvalue weighted by molar-refractivity contribution is 0.158. The van der Waals surface area contributed by atoms with Gasteiger partial charge in [0.25, 0.3) is 0 Å². The molecule has 0 aliphatic carbocycles. The van der Waals surface area contributed by atoms with Crippen LogP contribution in [0.5, 0.6) is 0 Å². The first-order chi connectivity index (χ1) is 7.81. The van der Waals surface area contributed by atoms with Crippen LogP contribution in [0.2, 0.25) is 0 Å². The fraction of sp³-hybridized carbons (Fsp3) is 1.00. The Balaban J connectivity index is 1.67. The molecule has 2 rings (SSSR count). The summed E-state index contributed by atoms with van der Waals surface area (Å²) < 4.78 is 0. The van der Waals surface area contributed by atoms with E-state index >= 15 is 0 Å². The molecule has 2 heterocycles. The van der Waals surface area contributed by atoms with Gasteiger partial charge in [-0.2, -0.15) is 0 Å². The molecule has 3 nitrogen and oxygen atoms in total. The summed E-state index contributed by atoms with van der Waals surface area (Å²) in [7, 11) is 2.09. The van der Waals surface area contributed by atoms with E-state index in [1.807, 2.05) is 0 Å². The van der Waals surface area contributed by atoms with Gasteiger partial charge in [-0.25, -0.2) is 0 Å². The van der Waals surface area contributed by atoms with E-state index in [0.717, 1.165) is 12.0 Å². The average molecular weight is 225 g/mol. The lowest BCUT2D eigenvalue weighted by Crippen LogP contribution is -2.38. The van der Waals surface area contributed by atoms with Gasteiger partial charge >= 0.3 is 0 Å². The molecule has 1 N–H and O–H groups in total. The number of nitrogens with one attached hydrogen (secondary N) is 1. The van der Waals surface area contributed by atoms with Crippen molar-refractivity contribution in [3.63, 3.8) is 0 Å². The number of rotatable bonds is 4. The van der Waals surface area contributed by atoms with Crippen LogP contribution >= 0.6 is 0 Å². The normalized spacial score (nSPS) is 30.0. The van der Waals surface area contributed by atoms with Crippen LogP contribution < -0.4 is 5.32 Å². The number of hydrogen-bond acceptors (Lipinski definition) is 3. The monoisotopic (exact) mass is 225 g/mol. The van der Waals surface area contributed by atoms with Crippen molar-refractivity contribution >= 4 is 0 Å². The first-order valence-electron chi connectivity index (χ1n) is 6.93. The lowest BCUT2D eigenvalue weighted by Gasteiger charge is -2.33. The van der Waals surface area contributed by atoms with E-state index in [9.17, 15) is 0 Å². The van der Waals surface area contributed by atoms with Crippen molar-refractivity contribution in [1.82, 2.24) is 15.1 Å². The van der Waals surface area contributed by atoms with Gasteiger partial charge in [0.1, 0.15) is 0 Å². The minimum Gasteiger partial charge on any atom is -0.316 e. The first-order valence-corrected chi connectivity index (χ1v) is 6.93. The summed E-state index contributed by atoms with van der Waals surface area (Å²) >= 11 is 0. The standard InChI is InChI=1S/C13H27N3/c1-3-15-7-4-12(5-8-15)10-16-9-6-13(11-16)14-2/h12-14H,3-11H2,1-2H3. The molecule has 2 aliphatic heterocycles. The average Bonchev–Trinajstić information content (AvgIpc) is 2.78. The molecular formula is C13H27N3. The molecule has 94 valence electrons. The smallest absolute Gasteiger partial charge is 0.0204 e. The summed E-state index contributed by atoms with van der Waals surface area (Å²) in [6, 6.07) is 0.746. The predicted molar refractivity (Wildman–Crippen MR) is 68.7 cm³/mol. The van der Waals surface area contributed by atoms with E-state index in [1.165, 1.54) is 58.5 Å². The number of hydrogen-bond donors (Lipinski definition) is 1. The summed E-state index contributed by atoms with van der Waals surface area (Å²) in [4.78, 5) is 5.24. The lowest BCUT2D eigenvalue weighted by atomic mass is 9.96. The Kier molecular flexibility index (Phi) is 4.62. The zero-order valence-corrected chi connectivity index (χ0v) is 10.9. The molecule has 0 saturated carbocycles. The third-order valence-electron chi connectivity index (χ3n) is 4.35. The number of likely N-dealkylation sites (tertiary alicyclic amines) is 2. The zero-order chi connectivity index (χ0) is 11.4. The Morgan fingerprint density at radius 1 is 1.06 bits per heavy atom. The maximum Gasteiger partial charge on any atom is 0.0204 e. The molecule has 3 heteroatoms. The second kappa shape index (κ2) is 5.99. The maximum atomic E-state index is 3.40.